The number of nitrogens with one attached hydrogen (secondary N) is 3. The Morgan fingerprint density at radius 2 is 2.08 bits per heavy atom. The third-order valence-corrected chi connectivity index (χ3v) is 3.68. The molecule has 0 aromatic heterocycles. The van der Waals surface area contributed by atoms with Gasteiger partial charge in [-0.05, 0) is 38.0 Å². The molecule has 0 saturated carbocycles. The first-order chi connectivity index (χ1) is 11.8. The number of amides is 3. The average Bonchev–Trinajstić information content (AvgIpc) is 2.54. The third kappa shape index (κ3) is 4.62. The van der Waals surface area contributed by atoms with Crippen LogP contribution in [0.4, 0.5) is 16.2 Å². The number of hydrogen-bond donors (Lipinski definition) is 3. The smallest absolute Gasteiger partial charge is 0.407 e. The van der Waals surface area contributed by atoms with Crippen molar-refractivity contribution in [1.82, 2.24) is 5.32 Å². The molecule has 0 bridgehead atoms. The molecule has 25 heavy (non-hydrogen) atoms. The van der Waals surface area contributed by atoms with Crippen LogP contribution in [-0.2, 0) is 14.3 Å². The van der Waals surface area contributed by atoms with Crippen LogP contribution in [0.15, 0.2) is 18.2 Å². The Labute approximate surface area is 146 Å². The fourth-order valence-electron chi connectivity index (χ4n) is 2.34. The van der Waals surface area contributed by atoms with Gasteiger partial charge in [0.15, 0.2) is 6.10 Å². The van der Waals surface area contributed by atoms with E-state index in [9.17, 15) is 14.4 Å². The molecule has 2 atom stereocenters. The van der Waals surface area contributed by atoms with Crippen molar-refractivity contribution in [1.29, 1.82) is 0 Å². The van der Waals surface area contributed by atoms with Gasteiger partial charge in [0, 0.05) is 5.69 Å². The molecule has 3 amide bonds. The number of carbonyl (C=O) groups excluding carboxylic acids is 3. The summed E-state index contributed by atoms with van der Waals surface area (Å²) >= 11 is 0. The predicted octanol–water partition coefficient (Wildman–Crippen LogP) is 2.12. The van der Waals surface area contributed by atoms with Crippen LogP contribution in [-0.4, -0.2) is 36.7 Å². The van der Waals surface area contributed by atoms with Gasteiger partial charge in [0.25, 0.3) is 5.91 Å². The Kier molecular flexibility index (Phi) is 5.84. The zero-order chi connectivity index (χ0) is 18.6. The van der Waals surface area contributed by atoms with Crippen molar-refractivity contribution in [3.8, 4) is 5.75 Å². The maximum absolute atomic E-state index is 12.5. The van der Waals surface area contributed by atoms with Gasteiger partial charge in [-0.1, -0.05) is 13.8 Å². The van der Waals surface area contributed by atoms with E-state index >= 15 is 0 Å². The first-order valence-corrected chi connectivity index (χ1v) is 8.17. The summed E-state index contributed by atoms with van der Waals surface area (Å²) in [6, 6.07) is 4.20. The summed E-state index contributed by atoms with van der Waals surface area (Å²) < 4.78 is 10.3. The molecule has 2 rings (SSSR count). The van der Waals surface area contributed by atoms with E-state index in [1.54, 1.807) is 32.0 Å². The van der Waals surface area contributed by atoms with Crippen LogP contribution < -0.4 is 20.7 Å². The van der Waals surface area contributed by atoms with Crippen LogP contribution in [0.25, 0.3) is 0 Å². The minimum atomic E-state index is -0.749. The monoisotopic (exact) mass is 349 g/mol. The van der Waals surface area contributed by atoms with Crippen molar-refractivity contribution >= 4 is 29.3 Å². The van der Waals surface area contributed by atoms with Crippen LogP contribution in [0.1, 0.15) is 27.7 Å². The molecule has 0 spiro atoms. The average molecular weight is 349 g/mol. The Morgan fingerprint density at radius 1 is 1.36 bits per heavy atom. The minimum absolute atomic E-state index is 0.133. The molecular weight excluding hydrogens is 326 g/mol. The van der Waals surface area contributed by atoms with Gasteiger partial charge in [-0.25, -0.2) is 4.79 Å². The molecule has 1 aromatic rings. The SMILES string of the molecule is CCOC(=O)NC(C(=O)Nc1ccc2c(c1)NC(=O)C(C)O2)C(C)C. The maximum atomic E-state index is 12.5. The molecule has 1 aromatic carbocycles. The first kappa shape index (κ1) is 18.6. The van der Waals surface area contributed by atoms with Gasteiger partial charge in [-0.2, -0.15) is 0 Å². The summed E-state index contributed by atoms with van der Waals surface area (Å²) in [5.74, 6) is -0.222. The normalized spacial score (nSPS) is 17.0. The molecule has 1 aliphatic rings. The second kappa shape index (κ2) is 7.87. The van der Waals surface area contributed by atoms with Crippen LogP contribution in [0.5, 0.6) is 5.75 Å². The topological polar surface area (TPSA) is 106 Å². The summed E-state index contributed by atoms with van der Waals surface area (Å²) in [6.45, 7) is 7.20. The van der Waals surface area contributed by atoms with Crippen molar-refractivity contribution in [3.05, 3.63) is 18.2 Å². The van der Waals surface area contributed by atoms with E-state index in [0.717, 1.165) is 0 Å². The molecule has 0 saturated heterocycles. The number of fused-ring (bicyclic) bond motifs is 1. The summed E-state index contributed by atoms with van der Waals surface area (Å²) in [5, 5.41) is 8.00. The highest BCUT2D eigenvalue weighted by Crippen LogP contribution is 2.32. The quantitative estimate of drug-likeness (QED) is 0.755. The lowest BCUT2D eigenvalue weighted by Gasteiger charge is -2.24. The second-order valence-corrected chi connectivity index (χ2v) is 6.04. The number of carbonyl (C=O) groups is 3. The lowest BCUT2D eigenvalue weighted by Crippen LogP contribution is -2.47. The Hall–Kier alpha value is -2.77. The van der Waals surface area contributed by atoms with Crippen molar-refractivity contribution in [2.45, 2.75) is 39.8 Å². The van der Waals surface area contributed by atoms with Crippen molar-refractivity contribution in [3.63, 3.8) is 0 Å². The number of benzene rings is 1. The van der Waals surface area contributed by atoms with E-state index in [1.165, 1.54) is 0 Å². The van der Waals surface area contributed by atoms with E-state index in [1.807, 2.05) is 13.8 Å². The number of rotatable bonds is 5. The highest BCUT2D eigenvalue weighted by molar-refractivity contribution is 6.00. The van der Waals surface area contributed by atoms with Crippen LogP contribution in [0.2, 0.25) is 0 Å². The first-order valence-electron chi connectivity index (χ1n) is 8.17. The lowest BCUT2D eigenvalue weighted by atomic mass is 10.0. The largest absolute Gasteiger partial charge is 0.479 e. The maximum Gasteiger partial charge on any atom is 0.407 e. The summed E-state index contributed by atoms with van der Waals surface area (Å²) in [5.41, 5.74) is 0.971. The molecule has 3 N–H and O–H groups in total. The lowest BCUT2D eigenvalue weighted by molar-refractivity contribution is -0.122. The number of anilines is 2. The Morgan fingerprint density at radius 3 is 2.72 bits per heavy atom. The van der Waals surface area contributed by atoms with Crippen LogP contribution in [0.3, 0.4) is 0 Å². The second-order valence-electron chi connectivity index (χ2n) is 6.04. The van der Waals surface area contributed by atoms with Gasteiger partial charge in [-0.15, -0.1) is 0 Å². The van der Waals surface area contributed by atoms with Gasteiger partial charge >= 0.3 is 6.09 Å². The summed E-state index contributed by atoms with van der Waals surface area (Å²) in [6.07, 6.45) is -1.21. The zero-order valence-corrected chi connectivity index (χ0v) is 14.7. The van der Waals surface area contributed by atoms with Crippen LogP contribution >= 0.6 is 0 Å². The Balaban J connectivity index is 2.09. The van der Waals surface area contributed by atoms with Gasteiger partial charge in [0.05, 0.1) is 12.3 Å². The number of hydrogen-bond acceptors (Lipinski definition) is 5. The standard InChI is InChI=1S/C17H23N3O5/c1-5-24-17(23)20-14(9(2)3)16(22)18-11-6-7-13-12(8-11)19-15(21)10(4)25-13/h6-10,14H,5H2,1-4H3,(H,18,22)(H,19,21)(H,20,23). The molecular formula is C17H23N3O5. The molecule has 1 aliphatic heterocycles. The fraction of sp³-hybridized carbons (Fsp3) is 0.471. The predicted molar refractivity (Wildman–Crippen MR) is 92.6 cm³/mol. The van der Waals surface area contributed by atoms with Crippen molar-refractivity contribution in [2.75, 3.05) is 17.2 Å². The third-order valence-electron chi connectivity index (χ3n) is 3.68. The zero-order valence-electron chi connectivity index (χ0n) is 14.7. The molecule has 2 unspecified atom stereocenters. The Bertz CT molecular complexity index is 674. The minimum Gasteiger partial charge on any atom is -0.479 e. The molecule has 0 aliphatic carbocycles. The molecule has 8 heteroatoms. The number of ether oxygens (including phenoxy) is 2. The van der Waals surface area contributed by atoms with Gasteiger partial charge < -0.3 is 25.4 Å². The molecule has 0 radical (unpaired) electrons. The van der Waals surface area contributed by atoms with E-state index in [2.05, 4.69) is 16.0 Å². The van der Waals surface area contributed by atoms with Crippen molar-refractivity contribution < 1.29 is 23.9 Å². The van der Waals surface area contributed by atoms with Crippen LogP contribution in [0, 0.1) is 5.92 Å². The molecule has 136 valence electrons. The van der Waals surface area contributed by atoms with E-state index in [4.69, 9.17) is 9.47 Å². The van der Waals surface area contributed by atoms with Gasteiger partial charge in [0.2, 0.25) is 5.91 Å². The molecule has 8 nitrogen and oxygen atoms in total. The van der Waals surface area contributed by atoms with E-state index in [-0.39, 0.29) is 24.3 Å². The van der Waals surface area contributed by atoms with Gasteiger partial charge in [0.1, 0.15) is 11.8 Å². The molecule has 0 fully saturated rings. The summed E-state index contributed by atoms with van der Waals surface area (Å²) in [4.78, 5) is 35.8. The molecule has 1 heterocycles. The fourth-order valence-corrected chi connectivity index (χ4v) is 2.34. The number of alkyl carbamates (subject to hydrolysis) is 1. The highest BCUT2D eigenvalue weighted by Gasteiger charge is 2.26. The van der Waals surface area contributed by atoms with E-state index in [0.29, 0.717) is 17.1 Å². The van der Waals surface area contributed by atoms with E-state index < -0.39 is 18.2 Å². The summed E-state index contributed by atoms with van der Waals surface area (Å²) in [7, 11) is 0. The van der Waals surface area contributed by atoms with Gasteiger partial charge in [-0.3, -0.25) is 9.59 Å². The highest BCUT2D eigenvalue weighted by atomic mass is 16.5. The van der Waals surface area contributed by atoms with Crippen molar-refractivity contribution in [2.24, 2.45) is 5.92 Å².